The molecular weight excluding hydrogens is 793 g/mol. The fraction of sp³-hybridized carbons (Fsp3) is 0.852. The van der Waals surface area contributed by atoms with Gasteiger partial charge in [-0.15, -0.1) is 0 Å². The Morgan fingerprint density at radius 3 is 1.68 bits per heavy atom. The van der Waals surface area contributed by atoms with Crippen molar-refractivity contribution in [2.24, 2.45) is 40.4 Å². The van der Waals surface area contributed by atoms with Crippen LogP contribution in [0.3, 0.4) is 0 Å². The van der Waals surface area contributed by atoms with Crippen molar-refractivity contribution in [3.05, 3.63) is 23.3 Å². The summed E-state index contributed by atoms with van der Waals surface area (Å²) in [6.45, 7) is 17.4. The highest BCUT2D eigenvalue weighted by Crippen LogP contribution is 2.75. The first-order valence-corrected chi connectivity index (χ1v) is 25.9. The van der Waals surface area contributed by atoms with Crippen molar-refractivity contribution in [3.63, 3.8) is 0 Å². The second kappa shape index (κ2) is 24.3. The molecular formula is C54H90O9. The number of ether oxygens (including phenoxy) is 3. The monoisotopic (exact) mass is 883 g/mol. The molecule has 2 saturated carbocycles. The van der Waals surface area contributed by atoms with Gasteiger partial charge in [-0.05, 0) is 49.2 Å². The molecule has 0 aliphatic heterocycles. The minimum absolute atomic E-state index is 0.0436. The van der Waals surface area contributed by atoms with Crippen LogP contribution in [0.25, 0.3) is 0 Å². The molecule has 0 aromatic heterocycles. The number of unbranched alkanes of at least 4 members (excludes halogenated alkanes) is 20. The van der Waals surface area contributed by atoms with Crippen LogP contribution in [0.4, 0.5) is 0 Å². The molecule has 2 N–H and O–H groups in total. The summed E-state index contributed by atoms with van der Waals surface area (Å²) in [6, 6.07) is 0. The van der Waals surface area contributed by atoms with Crippen LogP contribution in [0.2, 0.25) is 0 Å². The predicted octanol–water partition coefficient (Wildman–Crippen LogP) is 12.3. The normalized spacial score (nSPS) is 29.8. The van der Waals surface area contributed by atoms with E-state index in [0.29, 0.717) is 18.4 Å². The second-order valence-electron chi connectivity index (χ2n) is 21.4. The Morgan fingerprint density at radius 2 is 1.21 bits per heavy atom. The largest absolute Gasteiger partial charge is 0.461 e. The van der Waals surface area contributed by atoms with Crippen LogP contribution in [0.1, 0.15) is 223 Å². The Hall–Kier alpha value is -2.52. The van der Waals surface area contributed by atoms with Crippen molar-refractivity contribution in [2.45, 2.75) is 246 Å². The van der Waals surface area contributed by atoms with E-state index >= 15 is 4.79 Å². The standard InChI is InChI=1S/C54H90O9/c1-10-12-14-16-18-20-21-22-23-25-26-28-30-32-44(55)61-37-42-34-43-46-51(8,9)53(46,63-45(56)33-31-29-27-24-19-17-15-13-11-2)36-40(6)52(48(43)58)35-39(5)49(54(52,60)47(42)57)62-50(59)41(7)38(3)4/h34-35,38,40-41,43,46-47,49,57,60H,10-33,36-37H2,1-9H3/t40-,41-,43+,46-,47-,49+,52+,53+,54+/m1/s1. The smallest absolute Gasteiger partial charge is 0.309 e. The van der Waals surface area contributed by atoms with Crippen LogP contribution in [0.15, 0.2) is 23.3 Å². The Labute approximate surface area is 382 Å². The number of aliphatic hydroxyl groups excluding tert-OH is 1. The molecule has 63 heavy (non-hydrogen) atoms. The summed E-state index contributed by atoms with van der Waals surface area (Å²) in [5, 5.41) is 25.7. The fourth-order valence-electron chi connectivity index (χ4n) is 11.7. The van der Waals surface area contributed by atoms with E-state index in [4.69, 9.17) is 14.2 Å². The van der Waals surface area contributed by atoms with Gasteiger partial charge >= 0.3 is 17.9 Å². The molecule has 2 bridgehead atoms. The Morgan fingerprint density at radius 1 is 0.746 bits per heavy atom. The van der Waals surface area contributed by atoms with Crippen molar-refractivity contribution in [1.29, 1.82) is 0 Å². The second-order valence-corrected chi connectivity index (χ2v) is 21.4. The minimum atomic E-state index is -2.30. The zero-order valence-corrected chi connectivity index (χ0v) is 41.3. The van der Waals surface area contributed by atoms with E-state index in [1.165, 1.54) is 96.3 Å². The lowest BCUT2D eigenvalue weighted by molar-refractivity contribution is -0.207. The first kappa shape index (κ1) is 53.1. The van der Waals surface area contributed by atoms with Gasteiger partial charge in [-0.25, -0.2) is 0 Å². The maximum Gasteiger partial charge on any atom is 0.309 e. The van der Waals surface area contributed by atoms with Crippen molar-refractivity contribution in [3.8, 4) is 0 Å². The lowest BCUT2D eigenvalue weighted by Gasteiger charge is -2.49. The van der Waals surface area contributed by atoms with Gasteiger partial charge in [0.1, 0.15) is 18.3 Å². The summed E-state index contributed by atoms with van der Waals surface area (Å²) >= 11 is 0. The summed E-state index contributed by atoms with van der Waals surface area (Å²) < 4.78 is 18.6. The van der Waals surface area contributed by atoms with Gasteiger partial charge in [0.25, 0.3) is 0 Å². The molecule has 0 aromatic rings. The van der Waals surface area contributed by atoms with Gasteiger partial charge in [0, 0.05) is 30.1 Å². The van der Waals surface area contributed by atoms with Gasteiger partial charge in [0.15, 0.2) is 17.5 Å². The van der Waals surface area contributed by atoms with E-state index in [1.54, 1.807) is 26.0 Å². The van der Waals surface area contributed by atoms with Gasteiger partial charge in [0.05, 0.1) is 11.3 Å². The highest BCUT2D eigenvalue weighted by atomic mass is 16.6. The van der Waals surface area contributed by atoms with Crippen molar-refractivity contribution >= 4 is 23.7 Å². The summed E-state index contributed by atoms with van der Waals surface area (Å²) in [5.74, 6) is -3.98. The third-order valence-corrected chi connectivity index (χ3v) is 16.1. The summed E-state index contributed by atoms with van der Waals surface area (Å²) in [7, 11) is 0. The van der Waals surface area contributed by atoms with Crippen LogP contribution in [0.5, 0.6) is 0 Å². The highest BCUT2D eigenvalue weighted by molar-refractivity contribution is 5.96. The molecule has 9 heteroatoms. The Balaban J connectivity index is 1.49. The first-order valence-electron chi connectivity index (χ1n) is 25.9. The molecule has 4 rings (SSSR count). The van der Waals surface area contributed by atoms with Gasteiger partial charge in [-0.2, -0.15) is 0 Å². The topological polar surface area (TPSA) is 136 Å². The van der Waals surface area contributed by atoms with Crippen molar-refractivity contribution < 1.29 is 43.6 Å². The number of carbonyl (C=O) groups is 4. The van der Waals surface area contributed by atoms with Crippen LogP contribution in [-0.2, 0) is 33.4 Å². The molecule has 1 spiro atoms. The summed E-state index contributed by atoms with van der Waals surface area (Å²) in [4.78, 5) is 56.0. The quantitative estimate of drug-likeness (QED) is 0.0313. The van der Waals surface area contributed by atoms with E-state index in [0.717, 1.165) is 38.5 Å². The van der Waals surface area contributed by atoms with Crippen LogP contribution in [-0.4, -0.2) is 63.9 Å². The Kier molecular flexibility index (Phi) is 20.5. The fourth-order valence-corrected chi connectivity index (χ4v) is 11.7. The molecule has 0 heterocycles. The molecule has 0 saturated heterocycles. The maximum atomic E-state index is 15.4. The molecule has 2 fully saturated rings. The number of hydrogen-bond donors (Lipinski definition) is 2. The van der Waals surface area contributed by atoms with Crippen LogP contribution < -0.4 is 0 Å². The average molecular weight is 883 g/mol. The van der Waals surface area contributed by atoms with E-state index < -0.39 is 69.9 Å². The van der Waals surface area contributed by atoms with E-state index in [1.807, 2.05) is 34.6 Å². The van der Waals surface area contributed by atoms with Crippen molar-refractivity contribution in [1.82, 2.24) is 0 Å². The zero-order chi connectivity index (χ0) is 46.4. The number of allylic oxidation sites excluding steroid dienone is 1. The number of aliphatic hydroxyl groups is 2. The minimum Gasteiger partial charge on any atom is -0.461 e. The van der Waals surface area contributed by atoms with E-state index in [-0.39, 0.29) is 42.7 Å². The number of Topliss-reactive ketones (excluding diaryl/α,β-unsaturated/α-hetero) is 1. The molecule has 0 unspecified atom stereocenters. The third-order valence-electron chi connectivity index (χ3n) is 16.1. The lowest BCUT2D eigenvalue weighted by Crippen LogP contribution is -2.66. The lowest BCUT2D eigenvalue weighted by atomic mass is 9.59. The third kappa shape index (κ3) is 12.1. The summed E-state index contributed by atoms with van der Waals surface area (Å²) in [5.41, 5.74) is -4.89. The average Bonchev–Trinajstić information content (AvgIpc) is 3.64. The van der Waals surface area contributed by atoms with Gasteiger partial charge < -0.3 is 24.4 Å². The maximum absolute atomic E-state index is 15.4. The first-order chi connectivity index (χ1) is 30.0. The van der Waals surface area contributed by atoms with Crippen LogP contribution >= 0.6 is 0 Å². The van der Waals surface area contributed by atoms with E-state index in [2.05, 4.69) is 13.8 Å². The molecule has 4 aliphatic rings. The number of ketones is 1. The molecule has 9 atom stereocenters. The van der Waals surface area contributed by atoms with Gasteiger partial charge in [-0.1, -0.05) is 196 Å². The Bertz CT molecular complexity index is 1560. The van der Waals surface area contributed by atoms with E-state index in [9.17, 15) is 24.6 Å². The molecule has 0 radical (unpaired) electrons. The molecule has 4 aliphatic carbocycles. The molecule has 9 nitrogen and oxygen atoms in total. The number of esters is 3. The summed E-state index contributed by atoms with van der Waals surface area (Å²) in [6.07, 6.45) is 27.0. The number of fused-ring (bicyclic) bond motifs is 3. The number of rotatable bonds is 30. The zero-order valence-electron chi connectivity index (χ0n) is 41.3. The molecule has 360 valence electrons. The predicted molar refractivity (Wildman–Crippen MR) is 251 cm³/mol. The molecule has 0 amide bonds. The highest BCUT2D eigenvalue weighted by Gasteiger charge is 2.83. The van der Waals surface area contributed by atoms with Crippen LogP contribution in [0, 0.1) is 40.4 Å². The van der Waals surface area contributed by atoms with Gasteiger partial charge in [-0.3, -0.25) is 19.2 Å². The number of hydrogen-bond acceptors (Lipinski definition) is 9. The van der Waals surface area contributed by atoms with Crippen molar-refractivity contribution in [2.75, 3.05) is 6.61 Å². The van der Waals surface area contributed by atoms with Gasteiger partial charge in [0.2, 0.25) is 0 Å². The number of carbonyl (C=O) groups excluding carboxylic acids is 4. The molecule has 0 aromatic carbocycles. The SMILES string of the molecule is CCCCCCCCCCCCCCCC(=O)OCC1=C[C@@H]2C(=O)[C@]3(C=C(C)[C@H](OC(=O)[C@H](C)C(C)C)[C@@]3(O)[C@@H]1O)[C@H](C)C[C@]1(OC(=O)CCCCCCCCCCC)[C@H]2C1(C)C.